The zero-order valence-electron chi connectivity index (χ0n) is 17.4. The lowest BCUT2D eigenvalue weighted by Crippen LogP contribution is -2.37. The third-order valence-electron chi connectivity index (χ3n) is 4.50. The first kappa shape index (κ1) is 22.6. The molecule has 1 aromatic carbocycles. The maximum atomic E-state index is 14.4. The molecule has 0 N–H and O–H groups in total. The van der Waals surface area contributed by atoms with Gasteiger partial charge >= 0.3 is 17.9 Å². The summed E-state index contributed by atoms with van der Waals surface area (Å²) in [7, 11) is 0. The van der Waals surface area contributed by atoms with Gasteiger partial charge in [0.15, 0.2) is 0 Å². The van der Waals surface area contributed by atoms with Crippen LogP contribution in [0.2, 0.25) is 0 Å². The third kappa shape index (κ3) is 5.43. The topological polar surface area (TPSA) is 57.5 Å². The van der Waals surface area contributed by atoms with Crippen molar-refractivity contribution in [2.24, 2.45) is 0 Å². The summed E-state index contributed by atoms with van der Waals surface area (Å²) < 4.78 is 40.0. The highest BCUT2D eigenvalue weighted by molar-refractivity contribution is 5.91. The number of hydrogen-bond acceptors (Lipinski definition) is 4. The van der Waals surface area contributed by atoms with Crippen LogP contribution >= 0.6 is 0 Å². The Morgan fingerprint density at radius 2 is 1.69 bits per heavy atom. The van der Waals surface area contributed by atoms with Gasteiger partial charge in [0.1, 0.15) is 6.61 Å². The number of benzene rings is 1. The molecule has 1 aromatic heterocycles. The fourth-order valence-electron chi connectivity index (χ4n) is 2.98. The van der Waals surface area contributed by atoms with Gasteiger partial charge in [-0.3, -0.25) is 0 Å². The molecule has 0 unspecified atom stereocenters. The summed E-state index contributed by atoms with van der Waals surface area (Å²) in [5.41, 5.74) is 1.31. The smallest absolute Gasteiger partial charge is 0.378 e. The minimum atomic E-state index is -3.72. The normalized spacial score (nSPS) is 12.0. The van der Waals surface area contributed by atoms with E-state index in [1.807, 2.05) is 51.1 Å². The largest absolute Gasteiger partial charge is 0.462 e. The van der Waals surface area contributed by atoms with Crippen molar-refractivity contribution in [3.05, 3.63) is 58.9 Å². The van der Waals surface area contributed by atoms with Crippen LogP contribution < -0.4 is 0 Å². The fraction of sp³-hybridized carbons (Fsp3) is 0.455. The molecule has 7 heteroatoms. The summed E-state index contributed by atoms with van der Waals surface area (Å²) in [5.74, 6) is -5.90. The van der Waals surface area contributed by atoms with Crippen molar-refractivity contribution in [2.45, 2.75) is 59.1 Å². The molecule has 2 rings (SSSR count). The molecule has 2 aromatic rings. The van der Waals surface area contributed by atoms with Crippen molar-refractivity contribution in [3.8, 4) is 0 Å². The van der Waals surface area contributed by atoms with Crippen molar-refractivity contribution in [1.82, 2.24) is 4.57 Å². The van der Waals surface area contributed by atoms with Gasteiger partial charge in [0.2, 0.25) is 0 Å². The number of carbonyl (C=O) groups excluding carboxylic acids is 2. The molecule has 1 heterocycles. The van der Waals surface area contributed by atoms with Crippen LogP contribution in [0, 0.1) is 6.92 Å². The number of carbonyl (C=O) groups is 2. The molecular formula is C22H27F2NO4. The Kier molecular flexibility index (Phi) is 6.82. The zero-order chi connectivity index (χ0) is 21.8. The highest BCUT2D eigenvalue weighted by Gasteiger charge is 2.43. The first-order valence-electron chi connectivity index (χ1n) is 9.44. The summed E-state index contributed by atoms with van der Waals surface area (Å²) in [4.78, 5) is 24.3. The molecule has 0 fully saturated rings. The lowest BCUT2D eigenvalue weighted by atomic mass is 9.91. The number of alkyl halides is 2. The average Bonchev–Trinajstić information content (AvgIpc) is 2.97. The van der Waals surface area contributed by atoms with E-state index < -0.39 is 29.8 Å². The Balaban J connectivity index is 2.33. The SMILES string of the molecule is CCOC(=O)C(F)(F)Cn1c(C(C)(C)C)cc(C(=O)OCc2ccccc2)c1C. The van der Waals surface area contributed by atoms with Crippen molar-refractivity contribution in [1.29, 1.82) is 0 Å². The van der Waals surface area contributed by atoms with Crippen LogP contribution in [0.25, 0.3) is 0 Å². The number of nitrogens with zero attached hydrogens (tertiary/aromatic N) is 1. The van der Waals surface area contributed by atoms with Crippen molar-refractivity contribution in [3.63, 3.8) is 0 Å². The van der Waals surface area contributed by atoms with Gasteiger partial charge in [-0.1, -0.05) is 51.1 Å². The van der Waals surface area contributed by atoms with Gasteiger partial charge in [-0.2, -0.15) is 8.78 Å². The summed E-state index contributed by atoms with van der Waals surface area (Å²) in [6.45, 7) is 7.61. The molecule has 5 nitrogen and oxygen atoms in total. The van der Waals surface area contributed by atoms with Crippen molar-refractivity contribution in [2.75, 3.05) is 6.61 Å². The molecule has 0 saturated carbocycles. The number of ether oxygens (including phenoxy) is 2. The minimum absolute atomic E-state index is 0.0775. The quantitative estimate of drug-likeness (QED) is 0.627. The predicted molar refractivity (Wildman–Crippen MR) is 105 cm³/mol. The average molecular weight is 407 g/mol. The summed E-state index contributed by atoms with van der Waals surface area (Å²) in [6.07, 6.45) is 0. The van der Waals surface area contributed by atoms with Crippen LogP contribution in [0.1, 0.15) is 55.0 Å². The third-order valence-corrected chi connectivity index (χ3v) is 4.50. The molecule has 158 valence electrons. The Bertz CT molecular complexity index is 867. The van der Waals surface area contributed by atoms with Gasteiger partial charge in [0, 0.05) is 16.8 Å². The number of esters is 2. The molecule has 0 aliphatic heterocycles. The van der Waals surface area contributed by atoms with E-state index in [1.54, 1.807) is 13.0 Å². The van der Waals surface area contributed by atoms with E-state index in [2.05, 4.69) is 4.74 Å². The Hall–Kier alpha value is -2.70. The second kappa shape index (κ2) is 8.76. The molecular weight excluding hydrogens is 380 g/mol. The highest BCUT2D eigenvalue weighted by atomic mass is 19.3. The van der Waals surface area contributed by atoms with Crippen molar-refractivity contribution >= 4 is 11.9 Å². The van der Waals surface area contributed by atoms with Gasteiger partial charge in [0.05, 0.1) is 18.7 Å². The zero-order valence-corrected chi connectivity index (χ0v) is 17.4. The number of rotatable bonds is 7. The summed E-state index contributed by atoms with van der Waals surface area (Å²) in [5, 5.41) is 0. The van der Waals surface area contributed by atoms with Gasteiger partial charge in [0.25, 0.3) is 0 Å². The molecule has 0 radical (unpaired) electrons. The van der Waals surface area contributed by atoms with E-state index in [-0.39, 0.29) is 18.8 Å². The van der Waals surface area contributed by atoms with E-state index >= 15 is 0 Å². The molecule has 0 bridgehead atoms. The molecule has 0 atom stereocenters. The molecule has 0 saturated heterocycles. The second-order valence-corrected chi connectivity index (χ2v) is 7.85. The lowest BCUT2D eigenvalue weighted by Gasteiger charge is -2.25. The van der Waals surface area contributed by atoms with Crippen LogP contribution in [0.4, 0.5) is 8.78 Å². The van der Waals surface area contributed by atoms with E-state index in [9.17, 15) is 18.4 Å². The van der Waals surface area contributed by atoms with E-state index in [1.165, 1.54) is 11.5 Å². The standard InChI is InChI=1S/C22H27F2NO4/c1-6-28-20(27)22(23,24)14-25-15(2)17(12-18(25)21(3,4)5)19(26)29-13-16-10-8-7-9-11-16/h7-12H,6,13-14H2,1-5H3. The van der Waals surface area contributed by atoms with Crippen LogP contribution in [-0.4, -0.2) is 29.0 Å². The Labute approximate surface area is 169 Å². The summed E-state index contributed by atoms with van der Waals surface area (Å²) >= 11 is 0. The predicted octanol–water partition coefficient (Wildman–Crippen LogP) is 4.65. The minimum Gasteiger partial charge on any atom is -0.462 e. The molecule has 0 amide bonds. The maximum Gasteiger partial charge on any atom is 0.378 e. The van der Waals surface area contributed by atoms with Crippen LogP contribution in [0.15, 0.2) is 36.4 Å². The summed E-state index contributed by atoms with van der Waals surface area (Å²) in [6, 6.07) is 10.7. The monoisotopic (exact) mass is 407 g/mol. The lowest BCUT2D eigenvalue weighted by molar-refractivity contribution is -0.173. The van der Waals surface area contributed by atoms with E-state index in [4.69, 9.17) is 4.74 Å². The molecule has 0 aliphatic carbocycles. The number of hydrogen-bond donors (Lipinski definition) is 0. The van der Waals surface area contributed by atoms with Crippen LogP contribution in [-0.2, 0) is 32.8 Å². The van der Waals surface area contributed by atoms with Crippen molar-refractivity contribution < 1.29 is 27.8 Å². The Morgan fingerprint density at radius 1 is 1.07 bits per heavy atom. The number of aromatic nitrogens is 1. The van der Waals surface area contributed by atoms with E-state index in [0.717, 1.165) is 5.56 Å². The fourth-order valence-corrected chi connectivity index (χ4v) is 2.98. The van der Waals surface area contributed by atoms with E-state index in [0.29, 0.717) is 11.4 Å². The van der Waals surface area contributed by atoms with Gasteiger partial charge < -0.3 is 14.0 Å². The molecule has 0 aliphatic rings. The molecule has 0 spiro atoms. The molecule has 29 heavy (non-hydrogen) atoms. The first-order valence-corrected chi connectivity index (χ1v) is 9.44. The highest BCUT2D eigenvalue weighted by Crippen LogP contribution is 2.31. The first-order chi connectivity index (χ1) is 13.5. The van der Waals surface area contributed by atoms with Gasteiger partial charge in [-0.05, 0) is 25.5 Å². The van der Waals surface area contributed by atoms with Crippen LogP contribution in [0.3, 0.4) is 0 Å². The Morgan fingerprint density at radius 3 is 2.24 bits per heavy atom. The maximum absolute atomic E-state index is 14.4. The van der Waals surface area contributed by atoms with Gasteiger partial charge in [-0.15, -0.1) is 0 Å². The number of halogens is 2. The van der Waals surface area contributed by atoms with Crippen LogP contribution in [0.5, 0.6) is 0 Å². The van der Waals surface area contributed by atoms with Gasteiger partial charge in [-0.25, -0.2) is 9.59 Å². The second-order valence-electron chi connectivity index (χ2n) is 7.85.